The van der Waals surface area contributed by atoms with Crippen molar-refractivity contribution >= 4 is 23.8 Å². The third-order valence-corrected chi connectivity index (χ3v) is 4.91. The maximum Gasteiger partial charge on any atom is 0.337 e. The van der Waals surface area contributed by atoms with E-state index in [4.69, 9.17) is 9.57 Å². The van der Waals surface area contributed by atoms with Gasteiger partial charge in [0.1, 0.15) is 0 Å². The Morgan fingerprint density at radius 3 is 2.24 bits per heavy atom. The molecule has 0 N–H and O–H groups in total. The number of amides is 2. The molecule has 0 unspecified atom stereocenters. The van der Waals surface area contributed by atoms with Crippen LogP contribution in [-0.4, -0.2) is 35.4 Å². The van der Waals surface area contributed by atoms with Crippen LogP contribution in [0.15, 0.2) is 24.3 Å². The van der Waals surface area contributed by atoms with Gasteiger partial charge in [-0.2, -0.15) is 0 Å². The number of imide groups is 1. The molecular weight excluding hydrogens is 326 g/mol. The summed E-state index contributed by atoms with van der Waals surface area (Å²) in [6, 6.07) is 6.25. The number of hydrogen-bond acceptors (Lipinski definition) is 6. The normalized spacial score (nSPS) is 24.3. The first-order chi connectivity index (χ1) is 11.8. The Hall–Kier alpha value is -2.70. The number of hydrogen-bond donors (Lipinski definition) is 0. The molecule has 2 amide bonds. The summed E-state index contributed by atoms with van der Waals surface area (Å²) in [5.74, 6) is -3.44. The Bertz CT molecular complexity index is 736. The van der Waals surface area contributed by atoms with Gasteiger partial charge in [-0.3, -0.25) is 14.4 Å². The number of carbonyl (C=O) groups excluding carboxylic acids is 4. The number of nitrogens with zero attached hydrogens (tertiary/aromatic N) is 1. The molecule has 0 spiro atoms. The molecule has 0 saturated heterocycles. The van der Waals surface area contributed by atoms with Crippen molar-refractivity contribution in [2.24, 2.45) is 17.3 Å². The molecule has 132 valence electrons. The fraction of sp³-hybridized carbons (Fsp3) is 0.444. The maximum absolute atomic E-state index is 12.5. The van der Waals surface area contributed by atoms with Crippen molar-refractivity contribution in [3.8, 4) is 0 Å². The molecule has 25 heavy (non-hydrogen) atoms. The van der Waals surface area contributed by atoms with Gasteiger partial charge in [-0.05, 0) is 31.4 Å². The highest BCUT2D eigenvalue weighted by atomic mass is 16.7. The summed E-state index contributed by atoms with van der Waals surface area (Å²) in [6.07, 6.45) is 0.283. The zero-order chi connectivity index (χ0) is 18.4. The molecule has 2 aliphatic rings. The Morgan fingerprint density at radius 2 is 1.76 bits per heavy atom. The van der Waals surface area contributed by atoms with Crippen LogP contribution < -0.4 is 0 Å². The Kier molecular flexibility index (Phi) is 4.10. The molecule has 1 fully saturated rings. The van der Waals surface area contributed by atoms with E-state index in [-0.39, 0.29) is 30.1 Å². The summed E-state index contributed by atoms with van der Waals surface area (Å²) in [5, 5.41) is 0.474. The SMILES string of the molecule is CCOC(=O)[C@@]1(C(C)C)C[C@H]1C(=O)ON1C(=O)c2ccccc2C1=O. The van der Waals surface area contributed by atoms with Gasteiger partial charge in [0.2, 0.25) is 0 Å². The lowest BCUT2D eigenvalue weighted by Gasteiger charge is -2.20. The Morgan fingerprint density at radius 1 is 1.20 bits per heavy atom. The van der Waals surface area contributed by atoms with Gasteiger partial charge in [0.15, 0.2) is 0 Å². The van der Waals surface area contributed by atoms with Crippen molar-refractivity contribution in [2.45, 2.75) is 27.2 Å². The van der Waals surface area contributed by atoms with Crippen LogP contribution in [-0.2, 0) is 19.2 Å². The molecule has 1 aromatic carbocycles. The van der Waals surface area contributed by atoms with Crippen LogP contribution in [0.25, 0.3) is 0 Å². The lowest BCUT2D eigenvalue weighted by atomic mass is 9.90. The highest BCUT2D eigenvalue weighted by Gasteiger charge is 2.67. The second-order valence-corrected chi connectivity index (χ2v) is 6.53. The summed E-state index contributed by atoms with van der Waals surface area (Å²) in [4.78, 5) is 54.3. The fourth-order valence-corrected chi connectivity index (χ4v) is 3.34. The first-order valence-electron chi connectivity index (χ1n) is 8.21. The molecule has 0 radical (unpaired) electrons. The number of benzene rings is 1. The third kappa shape index (κ3) is 2.50. The van der Waals surface area contributed by atoms with Crippen molar-refractivity contribution in [3.05, 3.63) is 35.4 Å². The lowest BCUT2D eigenvalue weighted by Crippen LogP contribution is -2.35. The molecule has 7 heteroatoms. The minimum Gasteiger partial charge on any atom is -0.466 e. The zero-order valence-corrected chi connectivity index (χ0v) is 14.3. The predicted octanol–water partition coefficient (Wildman–Crippen LogP) is 1.97. The molecule has 7 nitrogen and oxygen atoms in total. The first-order valence-corrected chi connectivity index (χ1v) is 8.21. The van der Waals surface area contributed by atoms with E-state index in [2.05, 4.69) is 0 Å². The summed E-state index contributed by atoms with van der Waals surface area (Å²) < 4.78 is 5.08. The minimum absolute atomic E-state index is 0.133. The molecule has 1 aliphatic heterocycles. The average molecular weight is 345 g/mol. The van der Waals surface area contributed by atoms with Crippen LogP contribution in [0.2, 0.25) is 0 Å². The topological polar surface area (TPSA) is 90.0 Å². The largest absolute Gasteiger partial charge is 0.466 e. The van der Waals surface area contributed by atoms with Gasteiger partial charge in [0.25, 0.3) is 11.8 Å². The van der Waals surface area contributed by atoms with E-state index >= 15 is 0 Å². The van der Waals surface area contributed by atoms with Gasteiger partial charge in [-0.15, -0.1) is 0 Å². The smallest absolute Gasteiger partial charge is 0.337 e. The monoisotopic (exact) mass is 345 g/mol. The fourth-order valence-electron chi connectivity index (χ4n) is 3.34. The van der Waals surface area contributed by atoms with Crippen molar-refractivity contribution in [1.29, 1.82) is 0 Å². The molecule has 1 aliphatic carbocycles. The van der Waals surface area contributed by atoms with E-state index in [1.807, 2.05) is 13.8 Å². The van der Waals surface area contributed by atoms with E-state index in [1.165, 1.54) is 12.1 Å². The molecule has 2 atom stereocenters. The Balaban J connectivity index is 1.75. The summed E-state index contributed by atoms with van der Waals surface area (Å²) >= 11 is 0. The van der Waals surface area contributed by atoms with Crippen LogP contribution in [0, 0.1) is 17.3 Å². The van der Waals surface area contributed by atoms with Crippen LogP contribution in [0.3, 0.4) is 0 Å². The van der Waals surface area contributed by atoms with Crippen molar-refractivity contribution in [1.82, 2.24) is 5.06 Å². The van der Waals surface area contributed by atoms with Gasteiger partial charge in [0.05, 0.1) is 29.1 Å². The minimum atomic E-state index is -0.953. The standard InChI is InChI=1S/C18H19NO6/c1-4-24-17(23)18(10(2)3)9-13(18)16(22)25-19-14(20)11-7-5-6-8-12(11)15(19)21/h5-8,10,13H,4,9H2,1-3H3/t13-,18+/m0/s1. The molecule has 1 aromatic rings. The summed E-state index contributed by atoms with van der Waals surface area (Å²) in [5.41, 5.74) is -0.570. The van der Waals surface area contributed by atoms with Crippen LogP contribution >= 0.6 is 0 Å². The number of carbonyl (C=O) groups is 4. The molecular formula is C18H19NO6. The maximum atomic E-state index is 12.5. The lowest BCUT2D eigenvalue weighted by molar-refractivity contribution is -0.174. The van der Waals surface area contributed by atoms with E-state index in [0.29, 0.717) is 5.06 Å². The summed E-state index contributed by atoms with van der Waals surface area (Å²) in [6.45, 7) is 5.56. The predicted molar refractivity (Wildman–Crippen MR) is 85.0 cm³/mol. The van der Waals surface area contributed by atoms with E-state index in [0.717, 1.165) is 0 Å². The highest BCUT2D eigenvalue weighted by Crippen LogP contribution is 2.59. The molecule has 0 aromatic heterocycles. The van der Waals surface area contributed by atoms with Crippen LogP contribution in [0.4, 0.5) is 0 Å². The van der Waals surface area contributed by atoms with E-state index < -0.39 is 35.1 Å². The van der Waals surface area contributed by atoms with Gasteiger partial charge >= 0.3 is 11.9 Å². The molecule has 1 heterocycles. The van der Waals surface area contributed by atoms with Gasteiger partial charge in [-0.1, -0.05) is 31.0 Å². The van der Waals surface area contributed by atoms with E-state index in [9.17, 15) is 19.2 Å². The number of esters is 1. The molecule has 3 rings (SSSR count). The number of ether oxygens (including phenoxy) is 1. The third-order valence-electron chi connectivity index (χ3n) is 4.91. The van der Waals surface area contributed by atoms with E-state index in [1.54, 1.807) is 19.1 Å². The Labute approximate surface area is 144 Å². The highest BCUT2D eigenvalue weighted by molar-refractivity contribution is 6.21. The quantitative estimate of drug-likeness (QED) is 0.599. The summed E-state index contributed by atoms with van der Waals surface area (Å²) in [7, 11) is 0. The van der Waals surface area contributed by atoms with Gasteiger partial charge in [0, 0.05) is 0 Å². The molecule has 1 saturated carbocycles. The van der Waals surface area contributed by atoms with Crippen molar-refractivity contribution in [2.75, 3.05) is 6.61 Å². The average Bonchev–Trinajstić information content (AvgIpc) is 3.31. The number of hydroxylamine groups is 2. The molecule has 0 bridgehead atoms. The van der Waals surface area contributed by atoms with Crippen molar-refractivity contribution < 1.29 is 28.8 Å². The second-order valence-electron chi connectivity index (χ2n) is 6.53. The second kappa shape index (κ2) is 5.98. The van der Waals surface area contributed by atoms with Crippen LogP contribution in [0.5, 0.6) is 0 Å². The van der Waals surface area contributed by atoms with Crippen LogP contribution in [0.1, 0.15) is 47.9 Å². The van der Waals surface area contributed by atoms with Gasteiger partial charge < -0.3 is 9.57 Å². The zero-order valence-electron chi connectivity index (χ0n) is 14.3. The van der Waals surface area contributed by atoms with Crippen molar-refractivity contribution in [3.63, 3.8) is 0 Å². The number of fused-ring (bicyclic) bond motifs is 1. The first kappa shape index (κ1) is 17.1. The number of rotatable bonds is 5. The van der Waals surface area contributed by atoms with Gasteiger partial charge in [-0.25, -0.2) is 4.79 Å².